The van der Waals surface area contributed by atoms with Crippen molar-refractivity contribution in [1.29, 1.82) is 5.41 Å². The van der Waals surface area contributed by atoms with Gasteiger partial charge in [-0.3, -0.25) is 24.8 Å². The Kier molecular flexibility index (Phi) is 14.0. The van der Waals surface area contributed by atoms with Crippen molar-refractivity contribution in [3.05, 3.63) is 71.3 Å². The Hall–Kier alpha value is -4.94. The number of guanidine groups is 1. The van der Waals surface area contributed by atoms with Crippen molar-refractivity contribution in [1.82, 2.24) is 16.0 Å². The van der Waals surface area contributed by atoms with E-state index in [1.807, 2.05) is 30.3 Å². The smallest absolute Gasteiger partial charge is 0.326 e. The lowest BCUT2D eigenvalue weighted by molar-refractivity contribution is -0.142. The molecule has 0 aromatic heterocycles. The number of amides is 3. The number of nitrogens with zero attached hydrogens (tertiary/aromatic N) is 1. The third-order valence-electron chi connectivity index (χ3n) is 8.13. The molecule has 0 saturated heterocycles. The molecule has 11 N–H and O–H groups in total. The van der Waals surface area contributed by atoms with Crippen molar-refractivity contribution in [2.75, 3.05) is 6.54 Å². The number of nitrogens with one attached hydrogen (secondary N) is 4. The highest BCUT2D eigenvalue weighted by molar-refractivity contribution is 6.02. The van der Waals surface area contributed by atoms with Crippen LogP contribution in [0.2, 0.25) is 0 Å². The molecule has 1 unspecified atom stereocenters. The Balaban J connectivity index is 1.81. The number of nitrogens with two attached hydrogens (primary N) is 3. The van der Waals surface area contributed by atoms with Gasteiger partial charge >= 0.3 is 5.97 Å². The largest absolute Gasteiger partial charge is 0.480 e. The molecule has 3 amide bonds. The van der Waals surface area contributed by atoms with E-state index in [2.05, 4.69) is 20.9 Å². The first-order valence-electron chi connectivity index (χ1n) is 15.7. The van der Waals surface area contributed by atoms with E-state index in [0.29, 0.717) is 24.0 Å². The zero-order valence-corrected chi connectivity index (χ0v) is 26.0. The number of hydrogen-bond donors (Lipinski definition) is 8. The highest BCUT2D eigenvalue weighted by Gasteiger charge is 2.33. The number of rotatable bonds is 17. The van der Waals surface area contributed by atoms with E-state index in [-0.39, 0.29) is 43.6 Å². The van der Waals surface area contributed by atoms with Crippen LogP contribution in [-0.4, -0.2) is 59.2 Å². The second kappa shape index (κ2) is 18.1. The summed E-state index contributed by atoms with van der Waals surface area (Å²) in [5.41, 5.74) is 18.3. The average molecular weight is 635 g/mol. The molecule has 0 radical (unpaired) electrons. The van der Waals surface area contributed by atoms with Crippen molar-refractivity contribution < 1.29 is 24.3 Å². The van der Waals surface area contributed by atoms with Crippen molar-refractivity contribution in [3.63, 3.8) is 0 Å². The molecule has 2 aromatic rings. The summed E-state index contributed by atoms with van der Waals surface area (Å²) in [5.74, 6) is -4.23. The fourth-order valence-corrected chi connectivity index (χ4v) is 5.56. The Morgan fingerprint density at radius 1 is 0.848 bits per heavy atom. The highest BCUT2D eigenvalue weighted by Crippen LogP contribution is 2.27. The molecule has 3 atom stereocenters. The molecule has 13 heteroatoms. The second-order valence-corrected chi connectivity index (χ2v) is 11.7. The Bertz CT molecular complexity index is 1360. The third kappa shape index (κ3) is 11.9. The number of amidine groups is 1. The average Bonchev–Trinajstić information content (AvgIpc) is 3.04. The predicted molar refractivity (Wildman–Crippen MR) is 176 cm³/mol. The van der Waals surface area contributed by atoms with Gasteiger partial charge in [0.15, 0.2) is 5.96 Å². The molecule has 1 saturated carbocycles. The lowest BCUT2D eigenvalue weighted by Gasteiger charge is -2.28. The van der Waals surface area contributed by atoms with E-state index in [0.717, 1.165) is 37.7 Å². The molecule has 3 rings (SSSR count). The van der Waals surface area contributed by atoms with Crippen LogP contribution in [0.15, 0.2) is 59.6 Å². The van der Waals surface area contributed by atoms with E-state index >= 15 is 0 Å². The maximum absolute atomic E-state index is 13.9. The number of hydrogen-bond acceptors (Lipinski definition) is 6. The topological polar surface area (TPSA) is 239 Å². The van der Waals surface area contributed by atoms with Crippen LogP contribution >= 0.6 is 0 Å². The molecule has 2 aromatic carbocycles. The summed E-state index contributed by atoms with van der Waals surface area (Å²) in [5, 5.41) is 25.7. The number of nitrogen functional groups attached to an aromatic ring is 1. The van der Waals surface area contributed by atoms with Crippen LogP contribution in [0.3, 0.4) is 0 Å². The minimum Gasteiger partial charge on any atom is -0.480 e. The van der Waals surface area contributed by atoms with Crippen molar-refractivity contribution in [2.24, 2.45) is 34.0 Å². The summed E-state index contributed by atoms with van der Waals surface area (Å²) in [6.45, 7) is 0.413. The molecule has 13 nitrogen and oxygen atoms in total. The summed E-state index contributed by atoms with van der Waals surface area (Å²) in [6.07, 6.45) is 5.67. The standard InChI is InChI=1S/C33H46N8O5/c34-28(35)24-15-13-22(14-16-24)18-25(29(42)39-20-23-10-5-2-6-11-23)30(43)41-27(19-21-8-3-1-4-9-21)31(44)40-26(32(45)46)12-7-17-38-33(36)37/h2,5-6,10-11,13-16,21,25-27H,1,3-4,7-9,12,17-20H2,(H3,34,35)(H,39,42)(H,40,44)(H,41,43)(H,45,46)(H4,36,37,38)/t25?,26-,27-/m0/s1. The van der Waals surface area contributed by atoms with E-state index in [4.69, 9.17) is 22.6 Å². The van der Waals surface area contributed by atoms with Gasteiger partial charge in [-0.15, -0.1) is 0 Å². The molecular formula is C33H46N8O5. The summed E-state index contributed by atoms with van der Waals surface area (Å²) >= 11 is 0. The molecule has 0 aliphatic heterocycles. The molecule has 46 heavy (non-hydrogen) atoms. The van der Waals surface area contributed by atoms with Gasteiger partial charge in [0.05, 0.1) is 0 Å². The van der Waals surface area contributed by atoms with Gasteiger partial charge in [0.25, 0.3) is 0 Å². The summed E-state index contributed by atoms with van der Waals surface area (Å²) in [4.78, 5) is 56.8. The first-order chi connectivity index (χ1) is 22.0. The van der Waals surface area contributed by atoms with Crippen LogP contribution in [0, 0.1) is 17.2 Å². The van der Waals surface area contributed by atoms with Crippen LogP contribution < -0.4 is 33.2 Å². The molecule has 0 bridgehead atoms. The van der Waals surface area contributed by atoms with Gasteiger partial charge < -0.3 is 38.3 Å². The predicted octanol–water partition coefficient (Wildman–Crippen LogP) is 1.52. The van der Waals surface area contributed by atoms with Gasteiger partial charge in [0, 0.05) is 18.7 Å². The SMILES string of the molecule is N=C(N)c1ccc(CC(C(=O)NCc2ccccc2)C(=O)N[C@@H](CC2CCCCC2)C(=O)N[C@@H](CCCN=C(N)N)C(=O)O)cc1. The first kappa shape index (κ1) is 35.5. The van der Waals surface area contributed by atoms with E-state index in [9.17, 15) is 24.3 Å². The summed E-state index contributed by atoms with van der Waals surface area (Å²) < 4.78 is 0. The number of aliphatic imine (C=N–C) groups is 1. The van der Waals surface area contributed by atoms with Crippen LogP contribution in [-0.2, 0) is 32.1 Å². The second-order valence-electron chi connectivity index (χ2n) is 11.7. The van der Waals surface area contributed by atoms with Crippen molar-refractivity contribution in [2.45, 2.75) is 76.4 Å². The number of carbonyl (C=O) groups is 4. The quantitative estimate of drug-likeness (QED) is 0.0548. The van der Waals surface area contributed by atoms with Crippen LogP contribution in [0.1, 0.15) is 68.1 Å². The number of benzene rings is 2. The van der Waals surface area contributed by atoms with E-state index in [1.54, 1.807) is 24.3 Å². The minimum absolute atomic E-state index is 0.0327. The number of carboxylic acids is 1. The fourth-order valence-electron chi connectivity index (χ4n) is 5.56. The molecule has 1 aliphatic carbocycles. The van der Waals surface area contributed by atoms with Crippen molar-refractivity contribution >= 4 is 35.5 Å². The zero-order chi connectivity index (χ0) is 33.5. The molecule has 0 spiro atoms. The van der Waals surface area contributed by atoms with Crippen LogP contribution in [0.4, 0.5) is 0 Å². The summed E-state index contributed by atoms with van der Waals surface area (Å²) in [7, 11) is 0. The number of carboxylic acid groups (broad SMARTS) is 1. The molecule has 1 fully saturated rings. The highest BCUT2D eigenvalue weighted by atomic mass is 16.4. The van der Waals surface area contributed by atoms with Crippen LogP contribution in [0.5, 0.6) is 0 Å². The minimum atomic E-state index is -1.21. The molecule has 0 heterocycles. The van der Waals surface area contributed by atoms with Gasteiger partial charge in [-0.25, -0.2) is 4.79 Å². The Labute approximate surface area is 269 Å². The van der Waals surface area contributed by atoms with Gasteiger partial charge in [-0.1, -0.05) is 86.7 Å². The first-order valence-corrected chi connectivity index (χ1v) is 15.7. The number of carbonyl (C=O) groups excluding carboxylic acids is 3. The molecule has 248 valence electrons. The van der Waals surface area contributed by atoms with E-state index < -0.39 is 41.7 Å². The zero-order valence-electron chi connectivity index (χ0n) is 26.0. The normalized spacial score (nSPS) is 15.0. The van der Waals surface area contributed by atoms with Crippen molar-refractivity contribution in [3.8, 4) is 0 Å². The lowest BCUT2D eigenvalue weighted by Crippen LogP contribution is -2.54. The summed E-state index contributed by atoms with van der Waals surface area (Å²) in [6, 6.07) is 13.7. The maximum atomic E-state index is 13.9. The van der Waals surface area contributed by atoms with Gasteiger partial charge in [-0.2, -0.15) is 0 Å². The maximum Gasteiger partial charge on any atom is 0.326 e. The van der Waals surface area contributed by atoms with Gasteiger partial charge in [0.2, 0.25) is 17.7 Å². The third-order valence-corrected chi connectivity index (χ3v) is 8.13. The van der Waals surface area contributed by atoms with Gasteiger partial charge in [0.1, 0.15) is 23.8 Å². The molecular weight excluding hydrogens is 588 g/mol. The number of aliphatic carboxylic acids is 1. The Morgan fingerprint density at radius 2 is 1.50 bits per heavy atom. The van der Waals surface area contributed by atoms with E-state index in [1.165, 1.54) is 0 Å². The van der Waals surface area contributed by atoms with Gasteiger partial charge in [-0.05, 0) is 42.7 Å². The molecule has 1 aliphatic rings. The monoisotopic (exact) mass is 634 g/mol. The Morgan fingerprint density at radius 3 is 2.11 bits per heavy atom. The lowest BCUT2D eigenvalue weighted by atomic mass is 9.84. The fraction of sp³-hybridized carbons (Fsp3) is 0.455. The van der Waals surface area contributed by atoms with Crippen LogP contribution in [0.25, 0.3) is 0 Å².